The van der Waals surface area contributed by atoms with Gasteiger partial charge in [-0.2, -0.15) is 5.10 Å². The number of aromatic hydroxyl groups is 1. The number of nitrogens with one attached hydrogen (secondary N) is 1. The highest BCUT2D eigenvalue weighted by Gasteiger charge is 2.08. The first-order chi connectivity index (χ1) is 7.66. The Morgan fingerprint density at radius 2 is 2.19 bits per heavy atom. The summed E-state index contributed by atoms with van der Waals surface area (Å²) in [7, 11) is 0. The first-order valence-electron chi connectivity index (χ1n) is 4.86. The molecular formula is C11H9N3O2. The number of rotatable bonds is 0. The Hall–Kier alpha value is -2.30. The van der Waals surface area contributed by atoms with Crippen molar-refractivity contribution in [2.75, 3.05) is 0 Å². The lowest BCUT2D eigenvalue weighted by atomic mass is 10.1. The van der Waals surface area contributed by atoms with Crippen molar-refractivity contribution in [2.45, 2.75) is 6.92 Å². The van der Waals surface area contributed by atoms with Crippen molar-refractivity contribution < 1.29 is 5.11 Å². The smallest absolute Gasteiger partial charge is 0.348 e. The summed E-state index contributed by atoms with van der Waals surface area (Å²) in [5.41, 5.74) is 1.96. The van der Waals surface area contributed by atoms with Crippen LogP contribution in [0.1, 0.15) is 5.56 Å². The standard InChI is InChI=1S/C11H9N3O2/c1-6-4-7-5-8(15)2-3-9(7)14-10(6)12-13-11(14)16/h2-5,15H,1H3,(H,13,16). The summed E-state index contributed by atoms with van der Waals surface area (Å²) in [4.78, 5) is 11.6. The number of aromatic nitrogens is 3. The van der Waals surface area contributed by atoms with Crippen LogP contribution in [0.2, 0.25) is 0 Å². The van der Waals surface area contributed by atoms with E-state index in [2.05, 4.69) is 10.2 Å². The third-order valence-corrected chi connectivity index (χ3v) is 2.65. The van der Waals surface area contributed by atoms with Gasteiger partial charge < -0.3 is 5.11 Å². The van der Waals surface area contributed by atoms with Gasteiger partial charge in [-0.1, -0.05) is 0 Å². The van der Waals surface area contributed by atoms with Gasteiger partial charge in [-0.25, -0.2) is 14.3 Å². The molecule has 0 fully saturated rings. The average Bonchev–Trinajstić information content (AvgIpc) is 2.61. The summed E-state index contributed by atoms with van der Waals surface area (Å²) < 4.78 is 1.50. The molecule has 0 aliphatic carbocycles. The molecule has 0 aliphatic rings. The number of hydrogen-bond acceptors (Lipinski definition) is 3. The van der Waals surface area contributed by atoms with Crippen molar-refractivity contribution in [3.05, 3.63) is 40.3 Å². The van der Waals surface area contributed by atoms with Gasteiger partial charge in [-0.05, 0) is 36.8 Å². The van der Waals surface area contributed by atoms with E-state index in [1.165, 1.54) is 4.40 Å². The van der Waals surface area contributed by atoms with Gasteiger partial charge in [0.2, 0.25) is 0 Å². The highest BCUT2D eigenvalue weighted by atomic mass is 16.3. The van der Waals surface area contributed by atoms with Gasteiger partial charge >= 0.3 is 5.69 Å². The SMILES string of the molecule is Cc1cc2cc(O)ccc2n2c(=O)[nH]nc12. The lowest BCUT2D eigenvalue weighted by molar-refractivity contribution is 0.476. The fourth-order valence-electron chi connectivity index (χ4n) is 1.94. The van der Waals surface area contributed by atoms with Gasteiger partial charge in [-0.15, -0.1) is 0 Å². The number of nitrogens with zero attached hydrogens (tertiary/aromatic N) is 2. The van der Waals surface area contributed by atoms with Crippen LogP contribution in [0, 0.1) is 6.92 Å². The minimum absolute atomic E-state index is 0.183. The van der Waals surface area contributed by atoms with Crippen molar-refractivity contribution in [1.82, 2.24) is 14.6 Å². The van der Waals surface area contributed by atoms with E-state index in [1.54, 1.807) is 18.2 Å². The van der Waals surface area contributed by atoms with Gasteiger partial charge in [0.05, 0.1) is 5.52 Å². The Kier molecular flexibility index (Phi) is 1.60. The molecule has 1 aromatic carbocycles. The van der Waals surface area contributed by atoms with Crippen LogP contribution in [0.15, 0.2) is 29.1 Å². The summed E-state index contributed by atoms with van der Waals surface area (Å²) >= 11 is 0. The maximum Gasteiger partial charge on any atom is 0.348 e. The molecule has 0 bridgehead atoms. The van der Waals surface area contributed by atoms with Gasteiger partial charge in [-0.3, -0.25) is 0 Å². The van der Waals surface area contributed by atoms with Crippen LogP contribution in [0.4, 0.5) is 0 Å². The number of fused-ring (bicyclic) bond motifs is 3. The molecule has 3 rings (SSSR count). The van der Waals surface area contributed by atoms with Crippen molar-refractivity contribution >= 4 is 16.6 Å². The second-order valence-electron chi connectivity index (χ2n) is 3.76. The number of pyridine rings is 1. The number of hydrogen-bond donors (Lipinski definition) is 2. The first-order valence-corrected chi connectivity index (χ1v) is 4.86. The number of aryl methyl sites for hydroxylation is 1. The van der Waals surface area contributed by atoms with Crippen LogP contribution in [0.3, 0.4) is 0 Å². The van der Waals surface area contributed by atoms with Gasteiger partial charge in [0, 0.05) is 5.39 Å². The van der Waals surface area contributed by atoms with E-state index >= 15 is 0 Å². The summed E-state index contributed by atoms with van der Waals surface area (Å²) in [5.74, 6) is 0.183. The molecule has 16 heavy (non-hydrogen) atoms. The normalized spacial score (nSPS) is 11.3. The van der Waals surface area contributed by atoms with Crippen LogP contribution in [0.5, 0.6) is 5.75 Å². The summed E-state index contributed by atoms with van der Waals surface area (Å²) in [6, 6.07) is 6.77. The second kappa shape index (κ2) is 2.85. The number of benzene rings is 1. The second-order valence-corrected chi connectivity index (χ2v) is 3.76. The molecule has 5 heteroatoms. The fourth-order valence-corrected chi connectivity index (χ4v) is 1.94. The predicted molar refractivity (Wildman–Crippen MR) is 59.7 cm³/mol. The lowest BCUT2D eigenvalue weighted by Crippen LogP contribution is -2.10. The molecule has 0 spiro atoms. The van der Waals surface area contributed by atoms with Crippen LogP contribution >= 0.6 is 0 Å². The zero-order valence-corrected chi connectivity index (χ0v) is 8.56. The zero-order valence-electron chi connectivity index (χ0n) is 8.56. The molecule has 3 aromatic rings. The molecule has 0 unspecified atom stereocenters. The molecule has 2 N–H and O–H groups in total. The largest absolute Gasteiger partial charge is 0.508 e. The predicted octanol–water partition coefficient (Wildman–Crippen LogP) is 1.19. The quantitative estimate of drug-likeness (QED) is 0.591. The summed E-state index contributed by atoms with van der Waals surface area (Å²) in [6.07, 6.45) is 0. The van der Waals surface area contributed by atoms with Gasteiger partial charge in [0.1, 0.15) is 5.75 Å². The van der Waals surface area contributed by atoms with Gasteiger partial charge in [0.25, 0.3) is 0 Å². The van der Waals surface area contributed by atoms with Crippen molar-refractivity contribution in [3.8, 4) is 5.75 Å². The molecule has 0 radical (unpaired) electrons. The van der Waals surface area contributed by atoms with E-state index in [-0.39, 0.29) is 11.4 Å². The number of H-pyrrole nitrogens is 1. The summed E-state index contributed by atoms with van der Waals surface area (Å²) in [5, 5.41) is 16.6. The maximum absolute atomic E-state index is 11.6. The maximum atomic E-state index is 11.6. The Morgan fingerprint density at radius 3 is 3.00 bits per heavy atom. The topological polar surface area (TPSA) is 70.4 Å². The van der Waals surface area contributed by atoms with E-state index in [0.717, 1.165) is 16.5 Å². The molecule has 0 atom stereocenters. The van der Waals surface area contributed by atoms with Crippen LogP contribution in [0.25, 0.3) is 16.6 Å². The highest BCUT2D eigenvalue weighted by Crippen LogP contribution is 2.21. The van der Waals surface area contributed by atoms with E-state index in [9.17, 15) is 9.90 Å². The summed E-state index contributed by atoms with van der Waals surface area (Å²) in [6.45, 7) is 1.87. The Bertz CT molecular complexity index is 755. The van der Waals surface area contributed by atoms with Crippen molar-refractivity contribution in [1.29, 1.82) is 0 Å². The van der Waals surface area contributed by atoms with E-state index in [0.29, 0.717) is 5.65 Å². The third-order valence-electron chi connectivity index (χ3n) is 2.65. The average molecular weight is 215 g/mol. The fraction of sp³-hybridized carbons (Fsp3) is 0.0909. The van der Waals surface area contributed by atoms with Gasteiger partial charge in [0.15, 0.2) is 5.65 Å². The number of phenols is 1. The lowest BCUT2D eigenvalue weighted by Gasteiger charge is -2.03. The number of phenolic OH excluding ortho intramolecular Hbond substituents is 1. The Morgan fingerprint density at radius 1 is 1.38 bits per heavy atom. The molecule has 5 nitrogen and oxygen atoms in total. The molecule has 80 valence electrons. The molecular weight excluding hydrogens is 206 g/mol. The van der Waals surface area contributed by atoms with Crippen molar-refractivity contribution in [3.63, 3.8) is 0 Å². The minimum Gasteiger partial charge on any atom is -0.508 e. The van der Waals surface area contributed by atoms with E-state index in [1.807, 2.05) is 13.0 Å². The minimum atomic E-state index is -0.269. The Balaban J connectivity index is 2.67. The zero-order chi connectivity index (χ0) is 11.3. The van der Waals surface area contributed by atoms with E-state index in [4.69, 9.17) is 0 Å². The van der Waals surface area contributed by atoms with Crippen LogP contribution in [-0.2, 0) is 0 Å². The monoisotopic (exact) mass is 215 g/mol. The Labute approximate surface area is 90.0 Å². The van der Waals surface area contributed by atoms with Crippen LogP contribution < -0.4 is 5.69 Å². The van der Waals surface area contributed by atoms with Crippen molar-refractivity contribution in [2.24, 2.45) is 0 Å². The molecule has 2 aromatic heterocycles. The first kappa shape index (κ1) is 8.96. The molecule has 0 saturated heterocycles. The molecule has 0 amide bonds. The molecule has 2 heterocycles. The molecule has 0 aliphatic heterocycles. The third kappa shape index (κ3) is 1.05. The van der Waals surface area contributed by atoms with E-state index < -0.39 is 0 Å². The highest BCUT2D eigenvalue weighted by molar-refractivity contribution is 5.84. The van der Waals surface area contributed by atoms with Crippen LogP contribution in [-0.4, -0.2) is 19.7 Å². The number of aromatic amines is 1. The molecule has 0 saturated carbocycles.